The summed E-state index contributed by atoms with van der Waals surface area (Å²) in [6.07, 6.45) is 0. The van der Waals surface area contributed by atoms with Gasteiger partial charge in [0.05, 0.1) is 6.61 Å². The lowest BCUT2D eigenvalue weighted by Gasteiger charge is -2.06. The first-order valence-electron chi connectivity index (χ1n) is 2.33. The first-order valence-corrected chi connectivity index (χ1v) is 2.33. The fourth-order valence-electron chi connectivity index (χ4n) is 0.256. The van der Waals surface area contributed by atoms with Crippen LogP contribution in [0.2, 0.25) is 0 Å². The number of hydroxylamine groups is 1. The van der Waals surface area contributed by atoms with E-state index >= 15 is 0 Å². The molecule has 0 bridgehead atoms. The Kier molecular flexibility index (Phi) is 6.70. The van der Waals surface area contributed by atoms with Crippen LogP contribution in [0, 0.1) is 5.21 Å². The van der Waals surface area contributed by atoms with Gasteiger partial charge in [-0.05, 0) is 0 Å². The average Bonchev–Trinajstić information content (AvgIpc) is 1.81. The fourth-order valence-corrected chi connectivity index (χ4v) is 0.256. The van der Waals surface area contributed by atoms with Gasteiger partial charge >= 0.3 is 0 Å². The molecule has 0 aromatic carbocycles. The van der Waals surface area contributed by atoms with Crippen molar-refractivity contribution in [2.45, 2.75) is 0 Å². The lowest BCUT2D eigenvalue weighted by atomic mass is 10.7. The number of hydrogen-bond donors (Lipinski definition) is 1. The second-order valence-electron chi connectivity index (χ2n) is 1.21. The second-order valence-corrected chi connectivity index (χ2v) is 1.21. The standard InChI is InChI=1S/C4H10NO3/c1-7-4-8-3-2-5-6/h5H,2-4H2,1H3/q-1. The van der Waals surface area contributed by atoms with Crippen LogP contribution >= 0.6 is 0 Å². The average molecular weight is 120 g/mol. The Morgan fingerprint density at radius 2 is 2.38 bits per heavy atom. The minimum Gasteiger partial charge on any atom is -0.788 e. The van der Waals surface area contributed by atoms with Crippen molar-refractivity contribution in [3.8, 4) is 0 Å². The summed E-state index contributed by atoms with van der Waals surface area (Å²) in [5.41, 5.74) is 1.70. The zero-order valence-electron chi connectivity index (χ0n) is 4.85. The Morgan fingerprint density at radius 3 is 2.88 bits per heavy atom. The third-order valence-corrected chi connectivity index (χ3v) is 0.550. The second kappa shape index (κ2) is 6.84. The molecule has 0 radical (unpaired) electrons. The first kappa shape index (κ1) is 7.84. The molecule has 0 saturated carbocycles. The van der Waals surface area contributed by atoms with Crippen LogP contribution in [-0.2, 0) is 9.47 Å². The molecule has 0 aliphatic carbocycles. The highest BCUT2D eigenvalue weighted by Gasteiger charge is 1.78. The van der Waals surface area contributed by atoms with E-state index in [1.807, 2.05) is 0 Å². The smallest absolute Gasteiger partial charge is 0.146 e. The van der Waals surface area contributed by atoms with Gasteiger partial charge in [-0.3, -0.25) is 0 Å². The summed E-state index contributed by atoms with van der Waals surface area (Å²) in [6.45, 7) is 0.975. The molecular weight excluding hydrogens is 110 g/mol. The summed E-state index contributed by atoms with van der Waals surface area (Å²) < 4.78 is 9.27. The Labute approximate surface area is 48.4 Å². The molecule has 0 rings (SSSR count). The Hall–Kier alpha value is -0.160. The molecule has 0 fully saturated rings. The molecule has 0 spiro atoms. The van der Waals surface area contributed by atoms with Crippen LogP contribution < -0.4 is 5.48 Å². The minimum atomic E-state index is 0.252. The van der Waals surface area contributed by atoms with E-state index in [2.05, 4.69) is 4.74 Å². The molecule has 4 nitrogen and oxygen atoms in total. The molecule has 0 unspecified atom stereocenters. The van der Waals surface area contributed by atoms with E-state index in [0.717, 1.165) is 0 Å². The summed E-state index contributed by atoms with van der Waals surface area (Å²) in [7, 11) is 1.53. The predicted molar refractivity (Wildman–Crippen MR) is 29.2 cm³/mol. The highest BCUT2D eigenvalue weighted by atomic mass is 16.7. The van der Waals surface area contributed by atoms with Crippen molar-refractivity contribution in [3.63, 3.8) is 0 Å². The Bertz CT molecular complexity index is 36.3. The van der Waals surface area contributed by atoms with Crippen LogP contribution in [0.15, 0.2) is 0 Å². The van der Waals surface area contributed by atoms with Crippen molar-refractivity contribution in [2.24, 2.45) is 0 Å². The number of hydrogen-bond acceptors (Lipinski definition) is 4. The van der Waals surface area contributed by atoms with Gasteiger partial charge in [-0.15, -0.1) is 0 Å². The zero-order valence-corrected chi connectivity index (χ0v) is 4.85. The Balaban J connectivity index is 2.53. The number of nitrogens with one attached hydrogen (secondary N) is 1. The fraction of sp³-hybridized carbons (Fsp3) is 1.00. The van der Waals surface area contributed by atoms with Gasteiger partial charge in [0.15, 0.2) is 0 Å². The van der Waals surface area contributed by atoms with Crippen molar-refractivity contribution >= 4 is 0 Å². The lowest BCUT2D eigenvalue weighted by Crippen LogP contribution is -2.13. The van der Waals surface area contributed by atoms with E-state index in [0.29, 0.717) is 13.2 Å². The van der Waals surface area contributed by atoms with Gasteiger partial charge in [0, 0.05) is 13.7 Å². The molecule has 0 aliphatic heterocycles. The third kappa shape index (κ3) is 5.84. The van der Waals surface area contributed by atoms with Crippen molar-refractivity contribution in [2.75, 3.05) is 27.1 Å². The van der Waals surface area contributed by atoms with Crippen LogP contribution in [0.4, 0.5) is 0 Å². The number of methoxy groups -OCH3 is 1. The highest BCUT2D eigenvalue weighted by Crippen LogP contribution is 1.70. The molecular formula is C4H10NO3-. The number of ether oxygens (including phenoxy) is 2. The zero-order chi connectivity index (χ0) is 6.24. The lowest BCUT2D eigenvalue weighted by molar-refractivity contribution is -0.0282. The van der Waals surface area contributed by atoms with Gasteiger partial charge < -0.3 is 20.2 Å². The van der Waals surface area contributed by atoms with Gasteiger partial charge in [0.1, 0.15) is 6.79 Å². The van der Waals surface area contributed by atoms with Crippen molar-refractivity contribution in [1.82, 2.24) is 5.48 Å². The summed E-state index contributed by atoms with van der Waals surface area (Å²) in [5, 5.41) is 9.52. The van der Waals surface area contributed by atoms with Gasteiger partial charge in [-0.25, -0.2) is 0 Å². The van der Waals surface area contributed by atoms with Crippen LogP contribution in [-0.4, -0.2) is 27.1 Å². The molecule has 0 heterocycles. The summed E-state index contributed by atoms with van der Waals surface area (Å²) in [6, 6.07) is 0. The molecule has 0 aromatic heterocycles. The van der Waals surface area contributed by atoms with Gasteiger partial charge in [-0.1, -0.05) is 0 Å². The molecule has 0 amide bonds. The first-order chi connectivity index (χ1) is 3.91. The molecule has 0 atom stereocenters. The van der Waals surface area contributed by atoms with E-state index < -0.39 is 0 Å². The highest BCUT2D eigenvalue weighted by molar-refractivity contribution is 4.39. The largest absolute Gasteiger partial charge is 0.788 e. The summed E-state index contributed by atoms with van der Waals surface area (Å²) >= 11 is 0. The maximum Gasteiger partial charge on any atom is 0.146 e. The monoisotopic (exact) mass is 120 g/mol. The van der Waals surface area contributed by atoms with Crippen molar-refractivity contribution in [1.29, 1.82) is 0 Å². The molecule has 1 N–H and O–H groups in total. The van der Waals surface area contributed by atoms with Crippen LogP contribution in [0.1, 0.15) is 0 Å². The van der Waals surface area contributed by atoms with E-state index in [9.17, 15) is 5.21 Å². The van der Waals surface area contributed by atoms with E-state index in [4.69, 9.17) is 4.74 Å². The van der Waals surface area contributed by atoms with Crippen LogP contribution in [0.25, 0.3) is 0 Å². The molecule has 0 saturated heterocycles. The minimum absolute atomic E-state index is 0.252. The summed E-state index contributed by atoms with van der Waals surface area (Å²) in [5.74, 6) is 0. The van der Waals surface area contributed by atoms with E-state index in [1.54, 1.807) is 5.48 Å². The van der Waals surface area contributed by atoms with E-state index in [-0.39, 0.29) is 6.79 Å². The predicted octanol–water partition coefficient (Wildman–Crippen LogP) is -0.306. The summed E-state index contributed by atoms with van der Waals surface area (Å²) in [4.78, 5) is 0. The third-order valence-electron chi connectivity index (χ3n) is 0.550. The quantitative estimate of drug-likeness (QED) is 0.307. The maximum absolute atomic E-state index is 9.52. The normalized spacial score (nSPS) is 9.75. The van der Waals surface area contributed by atoms with Crippen molar-refractivity contribution in [3.05, 3.63) is 5.21 Å². The van der Waals surface area contributed by atoms with Gasteiger partial charge in [0.2, 0.25) is 0 Å². The molecule has 50 valence electrons. The number of rotatable bonds is 5. The van der Waals surface area contributed by atoms with E-state index in [1.165, 1.54) is 7.11 Å². The molecule has 8 heavy (non-hydrogen) atoms. The Morgan fingerprint density at radius 1 is 1.62 bits per heavy atom. The van der Waals surface area contributed by atoms with Crippen molar-refractivity contribution < 1.29 is 9.47 Å². The van der Waals surface area contributed by atoms with Crippen LogP contribution in [0.5, 0.6) is 0 Å². The molecule has 0 aliphatic rings. The molecule has 0 aromatic rings. The molecule has 4 heteroatoms. The van der Waals surface area contributed by atoms with Gasteiger partial charge in [0.25, 0.3) is 0 Å². The maximum atomic E-state index is 9.52. The van der Waals surface area contributed by atoms with Crippen LogP contribution in [0.3, 0.4) is 0 Å². The van der Waals surface area contributed by atoms with Gasteiger partial charge in [-0.2, -0.15) is 0 Å². The SMILES string of the molecule is COCOCCN[O-]. The topological polar surface area (TPSA) is 53.5 Å².